The van der Waals surface area contributed by atoms with Gasteiger partial charge in [-0.25, -0.2) is 14.2 Å². The largest absolute Gasteiger partial charge is 0.476 e. The van der Waals surface area contributed by atoms with Gasteiger partial charge >= 0.3 is 5.97 Å². The predicted molar refractivity (Wildman–Crippen MR) is 68.8 cm³/mol. The minimum absolute atomic E-state index is 0.0469. The van der Waals surface area contributed by atoms with Gasteiger partial charge in [-0.1, -0.05) is 23.5 Å². The van der Waals surface area contributed by atoms with Crippen molar-refractivity contribution in [2.75, 3.05) is 19.0 Å². The van der Waals surface area contributed by atoms with Crippen LogP contribution in [0.1, 0.15) is 10.5 Å². The highest BCUT2D eigenvalue weighted by atomic mass is 32.1. The van der Waals surface area contributed by atoms with Crippen molar-refractivity contribution in [3.63, 3.8) is 0 Å². The lowest BCUT2D eigenvalue weighted by atomic mass is 10.1. The van der Waals surface area contributed by atoms with E-state index in [0.717, 1.165) is 0 Å². The van der Waals surface area contributed by atoms with Crippen LogP contribution in [0.25, 0.3) is 10.4 Å². The summed E-state index contributed by atoms with van der Waals surface area (Å²) in [6, 6.07) is 5.84. The molecule has 0 atom stereocenters. The molecule has 1 aromatic carbocycles. The second-order valence-corrected chi connectivity index (χ2v) is 4.86. The van der Waals surface area contributed by atoms with Gasteiger partial charge in [0.1, 0.15) is 5.82 Å². The number of carboxylic acid groups (broad SMARTS) is 1. The molecule has 0 amide bonds. The average molecular weight is 266 g/mol. The summed E-state index contributed by atoms with van der Waals surface area (Å²) in [5.74, 6) is -1.51. The smallest absolute Gasteiger partial charge is 0.356 e. The van der Waals surface area contributed by atoms with E-state index >= 15 is 0 Å². The van der Waals surface area contributed by atoms with Gasteiger partial charge in [-0.3, -0.25) is 0 Å². The lowest BCUT2D eigenvalue weighted by Crippen LogP contribution is -2.08. The fourth-order valence-electron chi connectivity index (χ4n) is 1.47. The van der Waals surface area contributed by atoms with Crippen molar-refractivity contribution in [2.45, 2.75) is 0 Å². The molecule has 0 radical (unpaired) electrons. The van der Waals surface area contributed by atoms with E-state index in [-0.39, 0.29) is 5.69 Å². The molecule has 1 heterocycles. The van der Waals surface area contributed by atoms with E-state index in [0.29, 0.717) is 15.6 Å². The Morgan fingerprint density at radius 2 is 2.17 bits per heavy atom. The van der Waals surface area contributed by atoms with Crippen LogP contribution in [0.5, 0.6) is 0 Å². The zero-order chi connectivity index (χ0) is 13.3. The van der Waals surface area contributed by atoms with Crippen LogP contribution in [-0.2, 0) is 0 Å². The van der Waals surface area contributed by atoms with Crippen molar-refractivity contribution < 1.29 is 14.3 Å². The molecule has 6 heteroatoms. The van der Waals surface area contributed by atoms with E-state index < -0.39 is 11.8 Å². The first-order valence-electron chi connectivity index (χ1n) is 5.16. The molecule has 0 aliphatic heterocycles. The number of hydrogen-bond acceptors (Lipinski definition) is 4. The standard InChI is InChI=1S/C12H11FN2O2S/c1-15(2)12-14-9(11(16)17)10(18-12)7-4-3-5-8(13)6-7/h3-6H,1-2H3,(H,16,17). The number of aromatic carboxylic acids is 1. The summed E-state index contributed by atoms with van der Waals surface area (Å²) in [4.78, 5) is 17.4. The molecule has 0 fully saturated rings. The molecule has 2 aromatic rings. The van der Waals surface area contributed by atoms with Crippen LogP contribution >= 0.6 is 11.3 Å². The minimum Gasteiger partial charge on any atom is -0.476 e. The van der Waals surface area contributed by atoms with Gasteiger partial charge < -0.3 is 10.0 Å². The Morgan fingerprint density at radius 1 is 1.44 bits per heavy atom. The molecule has 18 heavy (non-hydrogen) atoms. The number of halogens is 1. The number of benzene rings is 1. The van der Waals surface area contributed by atoms with Gasteiger partial charge in [-0.15, -0.1) is 0 Å². The lowest BCUT2D eigenvalue weighted by Gasteiger charge is -2.05. The highest BCUT2D eigenvalue weighted by molar-refractivity contribution is 7.19. The number of rotatable bonds is 3. The summed E-state index contributed by atoms with van der Waals surface area (Å²) in [5, 5.41) is 9.70. The van der Waals surface area contributed by atoms with E-state index in [2.05, 4.69) is 4.98 Å². The molecular weight excluding hydrogens is 255 g/mol. The number of hydrogen-bond donors (Lipinski definition) is 1. The molecule has 0 saturated carbocycles. The summed E-state index contributed by atoms with van der Waals surface area (Å²) >= 11 is 1.23. The monoisotopic (exact) mass is 266 g/mol. The number of carbonyl (C=O) groups is 1. The Kier molecular flexibility index (Phi) is 3.29. The van der Waals surface area contributed by atoms with E-state index in [9.17, 15) is 9.18 Å². The van der Waals surface area contributed by atoms with Gasteiger partial charge in [0.15, 0.2) is 10.8 Å². The van der Waals surface area contributed by atoms with Crippen molar-refractivity contribution in [3.05, 3.63) is 35.8 Å². The maximum Gasteiger partial charge on any atom is 0.356 e. The third-order valence-electron chi connectivity index (χ3n) is 2.29. The second kappa shape index (κ2) is 4.73. The molecule has 0 bridgehead atoms. The van der Waals surface area contributed by atoms with Crippen molar-refractivity contribution in [3.8, 4) is 10.4 Å². The predicted octanol–water partition coefficient (Wildman–Crippen LogP) is 2.71. The van der Waals surface area contributed by atoms with E-state index in [1.807, 2.05) is 0 Å². The second-order valence-electron chi connectivity index (χ2n) is 3.88. The first-order valence-corrected chi connectivity index (χ1v) is 5.98. The number of carboxylic acids is 1. The van der Waals surface area contributed by atoms with Crippen molar-refractivity contribution in [2.24, 2.45) is 0 Å². The molecule has 2 rings (SSSR count). The van der Waals surface area contributed by atoms with Gasteiger partial charge in [0, 0.05) is 14.1 Å². The first kappa shape index (κ1) is 12.5. The number of thiazole rings is 1. The SMILES string of the molecule is CN(C)c1nc(C(=O)O)c(-c2cccc(F)c2)s1. The molecule has 1 N–H and O–H groups in total. The van der Waals surface area contributed by atoms with E-state index in [1.165, 1.54) is 23.5 Å². The van der Waals surface area contributed by atoms with Gasteiger partial charge in [-0.2, -0.15) is 0 Å². The Bertz CT molecular complexity index is 596. The first-order chi connectivity index (χ1) is 8.49. The molecule has 0 aliphatic carbocycles. The fraction of sp³-hybridized carbons (Fsp3) is 0.167. The van der Waals surface area contributed by atoms with Gasteiger partial charge in [-0.05, 0) is 17.7 Å². The summed E-state index contributed by atoms with van der Waals surface area (Å²) in [7, 11) is 3.56. The fourth-order valence-corrected chi connectivity index (χ4v) is 2.45. The lowest BCUT2D eigenvalue weighted by molar-refractivity contribution is 0.0692. The van der Waals surface area contributed by atoms with Crippen LogP contribution in [0.4, 0.5) is 9.52 Å². The molecule has 94 valence electrons. The van der Waals surface area contributed by atoms with Gasteiger partial charge in [0.25, 0.3) is 0 Å². The van der Waals surface area contributed by atoms with Gasteiger partial charge in [0.05, 0.1) is 4.88 Å². The zero-order valence-electron chi connectivity index (χ0n) is 9.85. The number of anilines is 1. The molecule has 4 nitrogen and oxygen atoms in total. The van der Waals surface area contributed by atoms with Crippen LogP contribution in [0.2, 0.25) is 0 Å². The third-order valence-corrected chi connectivity index (χ3v) is 3.56. The Balaban J connectivity index is 2.58. The Hall–Kier alpha value is -1.95. The Morgan fingerprint density at radius 3 is 2.72 bits per heavy atom. The highest BCUT2D eigenvalue weighted by Crippen LogP contribution is 2.34. The molecule has 1 aromatic heterocycles. The molecular formula is C12H11FN2O2S. The molecule has 0 saturated heterocycles. The zero-order valence-corrected chi connectivity index (χ0v) is 10.7. The topological polar surface area (TPSA) is 53.4 Å². The maximum atomic E-state index is 13.2. The summed E-state index contributed by atoms with van der Waals surface area (Å²) in [6.45, 7) is 0. The summed E-state index contributed by atoms with van der Waals surface area (Å²) in [5.41, 5.74) is 0.479. The minimum atomic E-state index is -1.11. The highest BCUT2D eigenvalue weighted by Gasteiger charge is 2.19. The van der Waals surface area contributed by atoms with Crippen molar-refractivity contribution in [1.82, 2.24) is 4.98 Å². The number of nitrogens with zero attached hydrogens (tertiary/aromatic N) is 2. The Labute approximate surface area is 107 Å². The number of aromatic nitrogens is 1. The van der Waals surface area contributed by atoms with E-state index in [4.69, 9.17) is 5.11 Å². The average Bonchev–Trinajstić information content (AvgIpc) is 2.73. The van der Waals surface area contributed by atoms with E-state index in [1.54, 1.807) is 31.1 Å². The van der Waals surface area contributed by atoms with Crippen LogP contribution in [0.3, 0.4) is 0 Å². The van der Waals surface area contributed by atoms with Crippen LogP contribution in [0, 0.1) is 5.82 Å². The van der Waals surface area contributed by atoms with Crippen molar-refractivity contribution in [1.29, 1.82) is 0 Å². The van der Waals surface area contributed by atoms with Crippen molar-refractivity contribution >= 4 is 22.4 Å². The quantitative estimate of drug-likeness (QED) is 0.928. The van der Waals surface area contributed by atoms with Crippen LogP contribution < -0.4 is 4.90 Å². The molecule has 0 aliphatic rings. The summed E-state index contributed by atoms with van der Waals surface area (Å²) < 4.78 is 13.2. The maximum absolute atomic E-state index is 13.2. The molecule has 0 spiro atoms. The third kappa shape index (κ3) is 2.33. The molecule has 0 unspecified atom stereocenters. The summed E-state index contributed by atoms with van der Waals surface area (Å²) in [6.07, 6.45) is 0. The van der Waals surface area contributed by atoms with Crippen LogP contribution in [0.15, 0.2) is 24.3 Å². The van der Waals surface area contributed by atoms with Gasteiger partial charge in [0.2, 0.25) is 0 Å². The normalized spacial score (nSPS) is 10.4. The van der Waals surface area contributed by atoms with Crippen LogP contribution in [-0.4, -0.2) is 30.2 Å².